The number of rotatable bonds is 4. The van der Waals surface area contributed by atoms with E-state index in [4.69, 9.17) is 4.74 Å². The van der Waals surface area contributed by atoms with Gasteiger partial charge in [-0.2, -0.15) is 9.73 Å². The van der Waals surface area contributed by atoms with Crippen molar-refractivity contribution in [1.29, 1.82) is 0 Å². The summed E-state index contributed by atoms with van der Waals surface area (Å²) >= 11 is 0. The predicted molar refractivity (Wildman–Crippen MR) is 76.6 cm³/mol. The van der Waals surface area contributed by atoms with Crippen molar-refractivity contribution in [2.24, 2.45) is 0 Å². The Labute approximate surface area is 120 Å². The molecule has 6 heteroatoms. The van der Waals surface area contributed by atoms with E-state index >= 15 is 0 Å². The van der Waals surface area contributed by atoms with Crippen molar-refractivity contribution in [2.75, 3.05) is 6.61 Å². The van der Waals surface area contributed by atoms with E-state index in [0.717, 1.165) is 5.75 Å². The lowest BCUT2D eigenvalue weighted by molar-refractivity contribution is 0.0700. The summed E-state index contributed by atoms with van der Waals surface area (Å²) in [5, 5.41) is 17.7. The van der Waals surface area contributed by atoms with E-state index in [2.05, 4.69) is 10.2 Å². The van der Waals surface area contributed by atoms with Gasteiger partial charge in [-0.25, -0.2) is 4.79 Å². The Balaban J connectivity index is 2.15. The van der Waals surface area contributed by atoms with E-state index in [1.807, 2.05) is 6.92 Å². The van der Waals surface area contributed by atoms with E-state index in [-0.39, 0.29) is 5.56 Å². The highest BCUT2D eigenvalue weighted by atomic mass is 16.5. The zero-order chi connectivity index (χ0) is 14.8. The number of fused-ring (bicyclic) bond motifs is 1. The van der Waals surface area contributed by atoms with Gasteiger partial charge in [0.1, 0.15) is 22.5 Å². The van der Waals surface area contributed by atoms with E-state index in [0.29, 0.717) is 23.4 Å². The number of hydrogen-bond acceptors (Lipinski definition) is 4. The molecule has 0 saturated carbocycles. The average Bonchev–Trinajstić information content (AvgIpc) is 2.88. The highest BCUT2D eigenvalue weighted by molar-refractivity contribution is 6.02. The summed E-state index contributed by atoms with van der Waals surface area (Å²) in [5.41, 5.74) is 1.71. The number of hydrogen-bond donors (Lipinski definition) is 1. The Morgan fingerprint density at radius 2 is 2.05 bits per heavy atom. The second kappa shape index (κ2) is 5.24. The lowest BCUT2D eigenvalue weighted by Crippen LogP contribution is -1.98. The van der Waals surface area contributed by atoms with Crippen molar-refractivity contribution >= 4 is 11.5 Å². The van der Waals surface area contributed by atoms with Gasteiger partial charge in [0.25, 0.3) is 0 Å². The lowest BCUT2D eigenvalue weighted by Gasteiger charge is -2.03. The van der Waals surface area contributed by atoms with Gasteiger partial charge < -0.3 is 9.84 Å². The fourth-order valence-electron chi connectivity index (χ4n) is 2.18. The molecule has 1 N–H and O–H groups in total. The van der Waals surface area contributed by atoms with Gasteiger partial charge in [-0.05, 0) is 43.3 Å². The molecule has 0 aliphatic carbocycles. The number of benzene rings is 1. The summed E-state index contributed by atoms with van der Waals surface area (Å²) in [7, 11) is 0. The molecule has 21 heavy (non-hydrogen) atoms. The highest BCUT2D eigenvalue weighted by Gasteiger charge is 2.20. The molecule has 0 aliphatic heterocycles. The summed E-state index contributed by atoms with van der Waals surface area (Å²) in [6.45, 7) is 2.49. The minimum Gasteiger partial charge on any atom is -0.494 e. The quantitative estimate of drug-likeness (QED) is 0.796. The Kier molecular flexibility index (Phi) is 3.27. The number of ether oxygens (including phenoxy) is 1. The number of carboxylic acid groups (broad SMARTS) is 1. The second-order valence-corrected chi connectivity index (χ2v) is 4.38. The van der Waals surface area contributed by atoms with Crippen molar-refractivity contribution in [3.8, 4) is 17.0 Å². The van der Waals surface area contributed by atoms with Gasteiger partial charge in [-0.3, -0.25) is 0 Å². The molecule has 3 aromatic rings. The third-order valence-electron chi connectivity index (χ3n) is 3.07. The van der Waals surface area contributed by atoms with Crippen LogP contribution in [0.3, 0.4) is 0 Å². The summed E-state index contributed by atoms with van der Waals surface area (Å²) in [6, 6.07) is 10.5. The third kappa shape index (κ3) is 2.31. The summed E-state index contributed by atoms with van der Waals surface area (Å²) in [5.74, 6) is -0.290. The lowest BCUT2D eigenvalue weighted by atomic mass is 10.1. The van der Waals surface area contributed by atoms with Crippen LogP contribution in [0.25, 0.3) is 16.8 Å². The Hall–Kier alpha value is -2.89. The molecule has 106 valence electrons. The maximum Gasteiger partial charge on any atom is 0.340 e. The SMILES string of the molecule is CCOc1ccc(-c2nn3ncccc3c2C(=O)O)cc1. The van der Waals surface area contributed by atoms with Crippen LogP contribution in [-0.4, -0.2) is 32.5 Å². The molecule has 0 unspecified atom stereocenters. The molecule has 2 aromatic heterocycles. The Morgan fingerprint density at radius 3 is 2.71 bits per heavy atom. The van der Waals surface area contributed by atoms with Crippen molar-refractivity contribution < 1.29 is 14.6 Å². The fraction of sp³-hybridized carbons (Fsp3) is 0.133. The molecule has 0 bridgehead atoms. The highest BCUT2D eigenvalue weighted by Crippen LogP contribution is 2.27. The maximum atomic E-state index is 11.5. The first kappa shape index (κ1) is 13.1. The molecule has 2 heterocycles. The monoisotopic (exact) mass is 283 g/mol. The van der Waals surface area contributed by atoms with Crippen LogP contribution in [0.5, 0.6) is 5.75 Å². The van der Waals surface area contributed by atoms with Crippen molar-refractivity contribution in [1.82, 2.24) is 14.8 Å². The van der Waals surface area contributed by atoms with Gasteiger partial charge >= 0.3 is 5.97 Å². The standard InChI is InChI=1S/C15H13N3O3/c1-2-21-11-7-5-10(6-8-11)14-13(15(19)20)12-4-3-9-16-18(12)17-14/h3-9H,2H2,1H3,(H,19,20). The van der Waals surface area contributed by atoms with Gasteiger partial charge in [0.15, 0.2) is 0 Å². The number of aromatic nitrogens is 3. The maximum absolute atomic E-state index is 11.5. The molecule has 3 rings (SSSR count). The molecular formula is C15H13N3O3. The molecule has 6 nitrogen and oxygen atoms in total. The van der Waals surface area contributed by atoms with Gasteiger partial charge in [0.05, 0.1) is 6.61 Å². The smallest absolute Gasteiger partial charge is 0.340 e. The van der Waals surface area contributed by atoms with Crippen LogP contribution in [0.4, 0.5) is 0 Å². The molecule has 0 saturated heterocycles. The van der Waals surface area contributed by atoms with Crippen molar-refractivity contribution in [3.63, 3.8) is 0 Å². The molecule has 0 fully saturated rings. The van der Waals surface area contributed by atoms with E-state index < -0.39 is 5.97 Å². The van der Waals surface area contributed by atoms with E-state index in [1.165, 1.54) is 4.63 Å². The van der Waals surface area contributed by atoms with Crippen LogP contribution in [0.2, 0.25) is 0 Å². The van der Waals surface area contributed by atoms with Crippen LogP contribution in [-0.2, 0) is 0 Å². The van der Waals surface area contributed by atoms with Gasteiger partial charge in [-0.15, -0.1) is 5.10 Å². The molecule has 0 spiro atoms. The normalized spacial score (nSPS) is 10.7. The summed E-state index contributed by atoms with van der Waals surface area (Å²) < 4.78 is 6.71. The summed E-state index contributed by atoms with van der Waals surface area (Å²) in [4.78, 5) is 11.5. The second-order valence-electron chi connectivity index (χ2n) is 4.38. The van der Waals surface area contributed by atoms with Crippen molar-refractivity contribution in [2.45, 2.75) is 6.92 Å². The first-order valence-corrected chi connectivity index (χ1v) is 6.51. The largest absolute Gasteiger partial charge is 0.494 e. The molecule has 0 radical (unpaired) electrons. The number of aromatic carboxylic acids is 1. The topological polar surface area (TPSA) is 76.7 Å². The predicted octanol–water partition coefficient (Wildman–Crippen LogP) is 2.49. The first-order valence-electron chi connectivity index (χ1n) is 6.51. The Bertz CT molecular complexity index is 794. The molecule has 1 aromatic carbocycles. The Morgan fingerprint density at radius 1 is 1.29 bits per heavy atom. The number of carboxylic acids is 1. The molecule has 0 atom stereocenters. The van der Waals surface area contributed by atoms with Crippen LogP contribution in [0.1, 0.15) is 17.3 Å². The van der Waals surface area contributed by atoms with E-state index in [9.17, 15) is 9.90 Å². The zero-order valence-corrected chi connectivity index (χ0v) is 11.4. The minimum atomic E-state index is -1.03. The zero-order valence-electron chi connectivity index (χ0n) is 11.4. The molecule has 0 amide bonds. The van der Waals surface area contributed by atoms with Crippen molar-refractivity contribution in [3.05, 3.63) is 48.2 Å². The number of carbonyl (C=O) groups is 1. The average molecular weight is 283 g/mol. The minimum absolute atomic E-state index is 0.146. The van der Waals surface area contributed by atoms with Gasteiger partial charge in [0.2, 0.25) is 0 Å². The number of nitrogens with zero attached hydrogens (tertiary/aromatic N) is 3. The van der Waals surface area contributed by atoms with Gasteiger partial charge in [-0.1, -0.05) is 0 Å². The van der Waals surface area contributed by atoms with Crippen LogP contribution in [0.15, 0.2) is 42.6 Å². The third-order valence-corrected chi connectivity index (χ3v) is 3.07. The van der Waals surface area contributed by atoms with Gasteiger partial charge in [0, 0.05) is 11.8 Å². The first-order chi connectivity index (χ1) is 10.2. The van der Waals surface area contributed by atoms with Crippen LogP contribution >= 0.6 is 0 Å². The van der Waals surface area contributed by atoms with Crippen LogP contribution in [0, 0.1) is 0 Å². The molecule has 0 aliphatic rings. The van der Waals surface area contributed by atoms with E-state index in [1.54, 1.807) is 42.6 Å². The van der Waals surface area contributed by atoms with Crippen LogP contribution < -0.4 is 4.74 Å². The summed E-state index contributed by atoms with van der Waals surface area (Å²) in [6.07, 6.45) is 1.56. The molecular weight excluding hydrogens is 270 g/mol. The fourth-order valence-corrected chi connectivity index (χ4v) is 2.18.